The zero-order valence-corrected chi connectivity index (χ0v) is 11.3. The molecular weight excluding hydrogens is 236 g/mol. The lowest BCUT2D eigenvalue weighted by molar-refractivity contribution is 0.453. The van der Waals surface area contributed by atoms with Gasteiger partial charge in [0.2, 0.25) is 5.88 Å². The van der Waals surface area contributed by atoms with Crippen molar-refractivity contribution in [3.8, 4) is 11.6 Å². The standard InChI is InChI=1S/C16H18N2O/c1-3-7-13-8-4-5-10-15(13)19-16-14(12-17-2)9-6-11-18-16/h3-11,17H,12H2,1-2H3/b7-3+. The second kappa shape index (κ2) is 6.71. The zero-order valence-electron chi connectivity index (χ0n) is 11.3. The molecule has 19 heavy (non-hydrogen) atoms. The van der Waals surface area contributed by atoms with Crippen LogP contribution in [0.15, 0.2) is 48.7 Å². The lowest BCUT2D eigenvalue weighted by Gasteiger charge is -2.11. The summed E-state index contributed by atoms with van der Waals surface area (Å²) in [6, 6.07) is 11.9. The van der Waals surface area contributed by atoms with Crippen molar-refractivity contribution >= 4 is 6.08 Å². The van der Waals surface area contributed by atoms with Gasteiger partial charge in [-0.15, -0.1) is 0 Å². The van der Waals surface area contributed by atoms with Crippen LogP contribution < -0.4 is 10.1 Å². The Hall–Kier alpha value is -2.13. The van der Waals surface area contributed by atoms with Crippen LogP contribution in [-0.2, 0) is 6.54 Å². The van der Waals surface area contributed by atoms with Crippen molar-refractivity contribution in [1.82, 2.24) is 10.3 Å². The van der Waals surface area contributed by atoms with Crippen molar-refractivity contribution in [2.45, 2.75) is 13.5 Å². The molecule has 2 aromatic rings. The molecule has 0 saturated heterocycles. The molecule has 0 unspecified atom stereocenters. The molecule has 1 aromatic carbocycles. The molecular formula is C16H18N2O. The fraction of sp³-hybridized carbons (Fsp3) is 0.188. The van der Waals surface area contributed by atoms with Gasteiger partial charge in [-0.25, -0.2) is 4.98 Å². The number of hydrogen-bond acceptors (Lipinski definition) is 3. The van der Waals surface area contributed by atoms with Crippen molar-refractivity contribution in [3.05, 3.63) is 59.8 Å². The number of nitrogens with one attached hydrogen (secondary N) is 1. The molecule has 0 amide bonds. The molecule has 3 nitrogen and oxygen atoms in total. The number of hydrogen-bond donors (Lipinski definition) is 1. The predicted molar refractivity (Wildman–Crippen MR) is 78.2 cm³/mol. The average Bonchev–Trinajstić information content (AvgIpc) is 2.44. The fourth-order valence-corrected chi connectivity index (χ4v) is 1.84. The van der Waals surface area contributed by atoms with E-state index >= 15 is 0 Å². The number of benzene rings is 1. The van der Waals surface area contributed by atoms with E-state index in [9.17, 15) is 0 Å². The highest BCUT2D eigenvalue weighted by Gasteiger charge is 2.07. The maximum absolute atomic E-state index is 5.94. The molecule has 0 radical (unpaired) electrons. The van der Waals surface area contributed by atoms with E-state index in [4.69, 9.17) is 4.74 Å². The van der Waals surface area contributed by atoms with Crippen LogP contribution in [-0.4, -0.2) is 12.0 Å². The summed E-state index contributed by atoms with van der Waals surface area (Å²) in [7, 11) is 1.91. The smallest absolute Gasteiger partial charge is 0.223 e. The molecule has 0 saturated carbocycles. The van der Waals surface area contributed by atoms with Crippen molar-refractivity contribution < 1.29 is 4.74 Å². The second-order valence-corrected chi connectivity index (χ2v) is 4.14. The normalized spacial score (nSPS) is 10.8. The van der Waals surface area contributed by atoms with Crippen LogP contribution >= 0.6 is 0 Å². The van der Waals surface area contributed by atoms with Gasteiger partial charge in [0, 0.05) is 23.9 Å². The Morgan fingerprint density at radius 2 is 2.05 bits per heavy atom. The Morgan fingerprint density at radius 3 is 2.84 bits per heavy atom. The molecule has 0 fully saturated rings. The van der Waals surface area contributed by atoms with Crippen LogP contribution in [0, 0.1) is 0 Å². The summed E-state index contributed by atoms with van der Waals surface area (Å²) in [4.78, 5) is 4.31. The molecule has 0 bridgehead atoms. The van der Waals surface area contributed by atoms with Crippen LogP contribution in [0.2, 0.25) is 0 Å². The van der Waals surface area contributed by atoms with Crippen LogP contribution in [0.5, 0.6) is 11.6 Å². The predicted octanol–water partition coefficient (Wildman–Crippen LogP) is 3.63. The van der Waals surface area contributed by atoms with Gasteiger partial charge in [-0.1, -0.05) is 36.4 Å². The van der Waals surface area contributed by atoms with E-state index in [0.717, 1.165) is 23.4 Å². The summed E-state index contributed by atoms with van der Waals surface area (Å²) >= 11 is 0. The number of allylic oxidation sites excluding steroid dienone is 1. The third-order valence-corrected chi connectivity index (χ3v) is 2.69. The SMILES string of the molecule is C/C=C/c1ccccc1Oc1ncccc1CNC. The van der Waals surface area contributed by atoms with E-state index in [1.54, 1.807) is 6.20 Å². The van der Waals surface area contributed by atoms with Gasteiger partial charge in [-0.2, -0.15) is 0 Å². The first-order chi connectivity index (χ1) is 9.35. The lowest BCUT2D eigenvalue weighted by Crippen LogP contribution is -2.07. The number of pyridine rings is 1. The molecule has 0 aliphatic heterocycles. The van der Waals surface area contributed by atoms with Gasteiger partial charge in [-0.05, 0) is 26.1 Å². The van der Waals surface area contributed by atoms with Gasteiger partial charge in [-0.3, -0.25) is 0 Å². The van der Waals surface area contributed by atoms with Crippen molar-refractivity contribution in [2.75, 3.05) is 7.05 Å². The van der Waals surface area contributed by atoms with Gasteiger partial charge in [0.15, 0.2) is 0 Å². The number of aromatic nitrogens is 1. The Balaban J connectivity index is 2.31. The van der Waals surface area contributed by atoms with Crippen molar-refractivity contribution in [2.24, 2.45) is 0 Å². The number of rotatable bonds is 5. The molecule has 0 aliphatic rings. The fourth-order valence-electron chi connectivity index (χ4n) is 1.84. The molecule has 0 aliphatic carbocycles. The Kier molecular flexibility index (Phi) is 4.70. The highest BCUT2D eigenvalue weighted by Crippen LogP contribution is 2.27. The molecule has 3 heteroatoms. The number of para-hydroxylation sites is 1. The summed E-state index contributed by atoms with van der Waals surface area (Å²) in [6.07, 6.45) is 5.76. The minimum atomic E-state index is 0.647. The second-order valence-electron chi connectivity index (χ2n) is 4.14. The third-order valence-electron chi connectivity index (χ3n) is 2.69. The first kappa shape index (κ1) is 13.3. The molecule has 1 N–H and O–H groups in total. The van der Waals surface area contributed by atoms with E-state index in [-0.39, 0.29) is 0 Å². The average molecular weight is 254 g/mol. The van der Waals surface area contributed by atoms with Crippen LogP contribution in [0.1, 0.15) is 18.1 Å². The van der Waals surface area contributed by atoms with Gasteiger partial charge < -0.3 is 10.1 Å². The van der Waals surface area contributed by atoms with E-state index in [0.29, 0.717) is 5.88 Å². The largest absolute Gasteiger partial charge is 0.438 e. The highest BCUT2D eigenvalue weighted by molar-refractivity contribution is 5.57. The Bertz CT molecular complexity index is 564. The van der Waals surface area contributed by atoms with Gasteiger partial charge in [0.25, 0.3) is 0 Å². The maximum Gasteiger partial charge on any atom is 0.223 e. The summed E-state index contributed by atoms with van der Waals surface area (Å²) in [5, 5.41) is 3.12. The summed E-state index contributed by atoms with van der Waals surface area (Å²) in [5.74, 6) is 1.46. The highest BCUT2D eigenvalue weighted by atomic mass is 16.5. The Labute approximate surface area is 114 Å². The van der Waals surface area contributed by atoms with Gasteiger partial charge >= 0.3 is 0 Å². The minimum absolute atomic E-state index is 0.647. The zero-order chi connectivity index (χ0) is 13.5. The van der Waals surface area contributed by atoms with Crippen LogP contribution in [0.25, 0.3) is 6.08 Å². The van der Waals surface area contributed by atoms with Crippen molar-refractivity contribution in [3.63, 3.8) is 0 Å². The quantitative estimate of drug-likeness (QED) is 0.884. The molecule has 0 atom stereocenters. The molecule has 1 aromatic heterocycles. The molecule has 2 rings (SSSR count). The topological polar surface area (TPSA) is 34.1 Å². The van der Waals surface area contributed by atoms with Gasteiger partial charge in [0.05, 0.1) is 0 Å². The first-order valence-corrected chi connectivity index (χ1v) is 6.33. The Morgan fingerprint density at radius 1 is 1.21 bits per heavy atom. The van der Waals surface area contributed by atoms with E-state index < -0.39 is 0 Å². The summed E-state index contributed by atoms with van der Waals surface area (Å²) in [5.41, 5.74) is 2.09. The third kappa shape index (κ3) is 3.42. The van der Waals surface area contributed by atoms with E-state index in [1.165, 1.54) is 0 Å². The van der Waals surface area contributed by atoms with Crippen LogP contribution in [0.3, 0.4) is 0 Å². The summed E-state index contributed by atoms with van der Waals surface area (Å²) in [6.45, 7) is 2.72. The van der Waals surface area contributed by atoms with Crippen molar-refractivity contribution in [1.29, 1.82) is 0 Å². The first-order valence-electron chi connectivity index (χ1n) is 6.33. The lowest BCUT2D eigenvalue weighted by atomic mass is 10.2. The summed E-state index contributed by atoms with van der Waals surface area (Å²) < 4.78 is 5.94. The minimum Gasteiger partial charge on any atom is -0.438 e. The molecule has 98 valence electrons. The monoisotopic (exact) mass is 254 g/mol. The van der Waals surface area contributed by atoms with Gasteiger partial charge in [0.1, 0.15) is 5.75 Å². The number of nitrogens with zero attached hydrogens (tertiary/aromatic N) is 1. The van der Waals surface area contributed by atoms with Crippen LogP contribution in [0.4, 0.5) is 0 Å². The van der Waals surface area contributed by atoms with E-state index in [1.807, 2.05) is 62.5 Å². The maximum atomic E-state index is 5.94. The molecule has 1 heterocycles. The number of ether oxygens (including phenoxy) is 1. The molecule has 0 spiro atoms. The van der Waals surface area contributed by atoms with E-state index in [2.05, 4.69) is 10.3 Å².